The maximum Gasteiger partial charge on any atom is 0.413 e. The van der Waals surface area contributed by atoms with E-state index < -0.39 is 29.6 Å². The standard InChI is InChI=1S/C33H42N2O4/c1-6-28(34(22-25-16-10-7-11-17-25)23-26-18-12-8-13-19-26)30(29(36)27-20-14-9-15-21-27)39-31(37)35-32(2,3)24-38-33(35,4)5/h7-21,28-30,36H,6,22-24H2,1-5H3/t28-,29-,30-/m1/s1. The summed E-state index contributed by atoms with van der Waals surface area (Å²) in [7, 11) is 0. The normalized spacial score (nSPS) is 18.5. The minimum atomic E-state index is -1.01. The van der Waals surface area contributed by atoms with Gasteiger partial charge in [-0.2, -0.15) is 0 Å². The molecule has 0 aromatic heterocycles. The zero-order chi connectivity index (χ0) is 28.0. The Morgan fingerprint density at radius 2 is 1.38 bits per heavy atom. The molecular formula is C33H42N2O4. The van der Waals surface area contributed by atoms with Crippen molar-refractivity contribution in [3.05, 3.63) is 108 Å². The topological polar surface area (TPSA) is 62.2 Å². The summed E-state index contributed by atoms with van der Waals surface area (Å²) in [4.78, 5) is 17.9. The lowest BCUT2D eigenvalue weighted by atomic mass is 9.94. The van der Waals surface area contributed by atoms with E-state index in [0.717, 1.165) is 11.1 Å². The van der Waals surface area contributed by atoms with Crippen LogP contribution in [0.15, 0.2) is 91.0 Å². The molecule has 1 saturated heterocycles. The highest BCUT2D eigenvalue weighted by atomic mass is 16.6. The molecule has 0 spiro atoms. The van der Waals surface area contributed by atoms with Crippen LogP contribution in [0.5, 0.6) is 0 Å². The Balaban J connectivity index is 1.72. The van der Waals surface area contributed by atoms with Crippen molar-refractivity contribution in [2.24, 2.45) is 0 Å². The van der Waals surface area contributed by atoms with Crippen molar-refractivity contribution >= 4 is 6.09 Å². The summed E-state index contributed by atoms with van der Waals surface area (Å²) in [5.41, 5.74) is 1.66. The van der Waals surface area contributed by atoms with Gasteiger partial charge >= 0.3 is 6.09 Å². The van der Waals surface area contributed by atoms with Crippen LogP contribution in [0.1, 0.15) is 63.8 Å². The lowest BCUT2D eigenvalue weighted by Gasteiger charge is -2.42. The van der Waals surface area contributed by atoms with Gasteiger partial charge in [0, 0.05) is 13.1 Å². The van der Waals surface area contributed by atoms with Gasteiger partial charge in [-0.25, -0.2) is 4.79 Å². The van der Waals surface area contributed by atoms with Crippen molar-refractivity contribution in [2.45, 2.75) is 83.6 Å². The molecule has 3 atom stereocenters. The Morgan fingerprint density at radius 1 is 0.897 bits per heavy atom. The molecule has 1 aliphatic rings. The molecule has 1 heterocycles. The van der Waals surface area contributed by atoms with Crippen molar-refractivity contribution in [2.75, 3.05) is 6.61 Å². The summed E-state index contributed by atoms with van der Waals surface area (Å²) in [5.74, 6) is 0. The van der Waals surface area contributed by atoms with Gasteiger partial charge in [-0.1, -0.05) is 97.9 Å². The summed E-state index contributed by atoms with van der Waals surface area (Å²) >= 11 is 0. The highest BCUT2D eigenvalue weighted by molar-refractivity contribution is 5.70. The summed E-state index contributed by atoms with van der Waals surface area (Å²) in [6.07, 6.45) is -1.64. The smallest absolute Gasteiger partial charge is 0.413 e. The molecule has 0 unspecified atom stereocenters. The first-order valence-electron chi connectivity index (χ1n) is 13.8. The first kappa shape index (κ1) is 28.8. The Kier molecular flexibility index (Phi) is 9.11. The Hall–Kier alpha value is -3.19. The summed E-state index contributed by atoms with van der Waals surface area (Å²) in [5, 5.41) is 11.8. The average Bonchev–Trinajstić information content (AvgIpc) is 3.16. The van der Waals surface area contributed by atoms with Gasteiger partial charge in [0.25, 0.3) is 0 Å². The van der Waals surface area contributed by atoms with Crippen LogP contribution in [0.4, 0.5) is 4.79 Å². The summed E-state index contributed by atoms with van der Waals surface area (Å²) in [6, 6.07) is 29.8. The Morgan fingerprint density at radius 3 is 1.82 bits per heavy atom. The third-order valence-electron chi connectivity index (χ3n) is 7.52. The number of hydrogen-bond acceptors (Lipinski definition) is 5. The molecule has 0 saturated carbocycles. The molecule has 1 aliphatic heterocycles. The van der Waals surface area contributed by atoms with Gasteiger partial charge < -0.3 is 14.6 Å². The Bertz CT molecular complexity index is 1130. The summed E-state index contributed by atoms with van der Waals surface area (Å²) < 4.78 is 12.3. The highest BCUT2D eigenvalue weighted by Crippen LogP contribution is 2.37. The van der Waals surface area contributed by atoms with Crippen LogP contribution >= 0.6 is 0 Å². The van der Waals surface area contributed by atoms with Crippen LogP contribution in [0.25, 0.3) is 0 Å². The van der Waals surface area contributed by atoms with Gasteiger partial charge in [0.1, 0.15) is 17.9 Å². The van der Waals surface area contributed by atoms with E-state index in [9.17, 15) is 9.90 Å². The van der Waals surface area contributed by atoms with E-state index in [1.807, 2.05) is 94.4 Å². The molecule has 0 radical (unpaired) electrons. The second-order valence-electron chi connectivity index (χ2n) is 11.4. The van der Waals surface area contributed by atoms with Gasteiger partial charge in [-0.15, -0.1) is 0 Å². The van der Waals surface area contributed by atoms with Crippen LogP contribution in [-0.4, -0.2) is 51.0 Å². The lowest BCUT2D eigenvalue weighted by Crippen LogP contribution is -2.56. The third kappa shape index (κ3) is 6.88. The van der Waals surface area contributed by atoms with E-state index in [2.05, 4.69) is 36.1 Å². The number of aliphatic hydroxyl groups excluding tert-OH is 1. The second-order valence-corrected chi connectivity index (χ2v) is 11.4. The fraction of sp³-hybridized carbons (Fsp3) is 0.424. The largest absolute Gasteiger partial charge is 0.441 e. The number of amides is 1. The van der Waals surface area contributed by atoms with E-state index in [4.69, 9.17) is 9.47 Å². The average molecular weight is 531 g/mol. The number of carbonyl (C=O) groups excluding carboxylic acids is 1. The van der Waals surface area contributed by atoms with Gasteiger partial charge in [0.05, 0.1) is 18.2 Å². The molecule has 1 N–H and O–H groups in total. The van der Waals surface area contributed by atoms with Crippen molar-refractivity contribution in [1.82, 2.24) is 9.80 Å². The maximum atomic E-state index is 13.9. The monoisotopic (exact) mass is 530 g/mol. The molecule has 6 nitrogen and oxygen atoms in total. The molecule has 3 aromatic carbocycles. The molecule has 1 fully saturated rings. The fourth-order valence-electron chi connectivity index (χ4n) is 5.67. The van der Waals surface area contributed by atoms with Crippen molar-refractivity contribution in [3.63, 3.8) is 0 Å². The van der Waals surface area contributed by atoms with E-state index in [0.29, 0.717) is 31.7 Å². The van der Waals surface area contributed by atoms with E-state index in [1.54, 1.807) is 4.90 Å². The number of ether oxygens (including phenoxy) is 2. The second kappa shape index (κ2) is 12.3. The van der Waals surface area contributed by atoms with E-state index >= 15 is 0 Å². The predicted molar refractivity (Wildman–Crippen MR) is 154 cm³/mol. The predicted octanol–water partition coefficient (Wildman–Crippen LogP) is 6.55. The lowest BCUT2D eigenvalue weighted by molar-refractivity contribution is -0.0932. The SMILES string of the molecule is CC[C@H]([C@@H](OC(=O)N1C(C)(C)COC1(C)C)[C@H](O)c1ccccc1)N(Cc1ccccc1)Cc1ccccc1. The maximum absolute atomic E-state index is 13.9. The van der Waals surface area contributed by atoms with E-state index in [-0.39, 0.29) is 6.04 Å². The number of carbonyl (C=O) groups is 1. The first-order chi connectivity index (χ1) is 18.6. The van der Waals surface area contributed by atoms with Crippen LogP contribution in [0.3, 0.4) is 0 Å². The highest BCUT2D eigenvalue weighted by Gasteiger charge is 2.51. The number of nitrogens with zero attached hydrogens (tertiary/aromatic N) is 2. The molecular weight excluding hydrogens is 488 g/mol. The molecule has 3 aromatic rings. The zero-order valence-electron chi connectivity index (χ0n) is 23.8. The van der Waals surface area contributed by atoms with Crippen LogP contribution in [0.2, 0.25) is 0 Å². The molecule has 39 heavy (non-hydrogen) atoms. The molecule has 0 aliphatic carbocycles. The number of rotatable bonds is 10. The molecule has 1 amide bonds. The first-order valence-corrected chi connectivity index (χ1v) is 13.8. The number of benzene rings is 3. The van der Waals surface area contributed by atoms with Crippen molar-refractivity contribution < 1.29 is 19.4 Å². The van der Waals surface area contributed by atoms with Crippen molar-refractivity contribution in [3.8, 4) is 0 Å². The van der Waals surface area contributed by atoms with Crippen LogP contribution in [0, 0.1) is 0 Å². The van der Waals surface area contributed by atoms with Gasteiger partial charge in [0.2, 0.25) is 0 Å². The van der Waals surface area contributed by atoms with Gasteiger partial charge in [-0.05, 0) is 50.8 Å². The zero-order valence-corrected chi connectivity index (χ0v) is 23.8. The minimum absolute atomic E-state index is 0.265. The molecule has 0 bridgehead atoms. The number of aliphatic hydroxyl groups is 1. The van der Waals surface area contributed by atoms with E-state index in [1.165, 1.54) is 0 Å². The summed E-state index contributed by atoms with van der Waals surface area (Å²) in [6.45, 7) is 11.5. The van der Waals surface area contributed by atoms with Crippen molar-refractivity contribution in [1.29, 1.82) is 0 Å². The third-order valence-corrected chi connectivity index (χ3v) is 7.52. The van der Waals surface area contributed by atoms with Gasteiger partial charge in [0.15, 0.2) is 0 Å². The van der Waals surface area contributed by atoms with Crippen LogP contribution in [-0.2, 0) is 22.6 Å². The molecule has 6 heteroatoms. The Labute approximate surface area is 233 Å². The fourth-order valence-corrected chi connectivity index (χ4v) is 5.67. The molecule has 208 valence electrons. The minimum Gasteiger partial charge on any atom is -0.441 e. The van der Waals surface area contributed by atoms with Crippen LogP contribution < -0.4 is 0 Å². The number of hydrogen-bond donors (Lipinski definition) is 1. The molecule has 4 rings (SSSR count). The quantitative estimate of drug-likeness (QED) is 0.322. The van der Waals surface area contributed by atoms with Gasteiger partial charge in [-0.3, -0.25) is 9.80 Å².